The summed E-state index contributed by atoms with van der Waals surface area (Å²) >= 11 is 1.16. The number of aromatic nitrogens is 2. The van der Waals surface area contributed by atoms with Crippen molar-refractivity contribution in [3.8, 4) is 0 Å². The third-order valence-corrected chi connectivity index (χ3v) is 2.33. The standard InChI is InChI=1S/C9H10N2O3S/c1-6(12)15-4-2-3-7-5-10-11-8(7)9(13)14/h2-3,5H,4H2,1H3,(H,10,11)(H,13,14). The molecular weight excluding hydrogens is 216 g/mol. The summed E-state index contributed by atoms with van der Waals surface area (Å²) in [6, 6.07) is 0. The maximum atomic E-state index is 10.7. The molecule has 0 aliphatic rings. The molecule has 15 heavy (non-hydrogen) atoms. The molecule has 0 atom stereocenters. The SMILES string of the molecule is CC(=O)SCC=Cc1cn[nH]c1C(=O)O. The van der Waals surface area contributed by atoms with Gasteiger partial charge in [-0.1, -0.05) is 23.9 Å². The number of aromatic carboxylic acids is 1. The average Bonchev–Trinajstić information content (AvgIpc) is 2.60. The Morgan fingerprint density at radius 3 is 3.00 bits per heavy atom. The molecule has 0 bridgehead atoms. The largest absolute Gasteiger partial charge is 0.477 e. The van der Waals surface area contributed by atoms with Gasteiger partial charge in [0.1, 0.15) is 0 Å². The molecule has 0 saturated heterocycles. The molecule has 0 fully saturated rings. The Kier molecular flexibility index (Phi) is 4.11. The molecule has 1 aromatic rings. The number of H-pyrrole nitrogens is 1. The first-order valence-electron chi connectivity index (χ1n) is 4.18. The smallest absolute Gasteiger partial charge is 0.354 e. The highest BCUT2D eigenvalue weighted by atomic mass is 32.2. The van der Waals surface area contributed by atoms with Gasteiger partial charge in [-0.3, -0.25) is 9.89 Å². The van der Waals surface area contributed by atoms with Crippen LogP contribution in [0.2, 0.25) is 0 Å². The van der Waals surface area contributed by atoms with Gasteiger partial charge in [-0.2, -0.15) is 5.10 Å². The van der Waals surface area contributed by atoms with Crippen molar-refractivity contribution in [2.45, 2.75) is 6.92 Å². The quantitative estimate of drug-likeness (QED) is 0.810. The summed E-state index contributed by atoms with van der Waals surface area (Å²) in [6.07, 6.45) is 4.78. The minimum absolute atomic E-state index is 0.0327. The van der Waals surface area contributed by atoms with Crippen LogP contribution in [0.1, 0.15) is 23.0 Å². The van der Waals surface area contributed by atoms with Crippen molar-refractivity contribution in [3.63, 3.8) is 0 Å². The first-order valence-corrected chi connectivity index (χ1v) is 5.16. The van der Waals surface area contributed by atoms with Crippen LogP contribution in [0.3, 0.4) is 0 Å². The summed E-state index contributed by atoms with van der Waals surface area (Å²) in [5.41, 5.74) is 0.561. The van der Waals surface area contributed by atoms with Crippen LogP contribution in [0.25, 0.3) is 6.08 Å². The molecule has 6 heteroatoms. The maximum absolute atomic E-state index is 10.7. The molecule has 80 valence electrons. The first-order chi connectivity index (χ1) is 7.11. The van der Waals surface area contributed by atoms with Crippen LogP contribution in [0.5, 0.6) is 0 Å². The zero-order chi connectivity index (χ0) is 11.3. The van der Waals surface area contributed by atoms with E-state index in [0.717, 1.165) is 11.8 Å². The van der Waals surface area contributed by atoms with Crippen LogP contribution >= 0.6 is 11.8 Å². The van der Waals surface area contributed by atoms with Crippen molar-refractivity contribution >= 4 is 28.9 Å². The molecule has 0 spiro atoms. The molecule has 0 aliphatic carbocycles. The Balaban J connectivity index is 2.60. The summed E-state index contributed by atoms with van der Waals surface area (Å²) in [5.74, 6) is -0.522. The van der Waals surface area contributed by atoms with Crippen LogP contribution in [0, 0.1) is 0 Å². The van der Waals surface area contributed by atoms with Crippen LogP contribution in [0.15, 0.2) is 12.3 Å². The lowest BCUT2D eigenvalue weighted by Crippen LogP contribution is -1.98. The summed E-state index contributed by atoms with van der Waals surface area (Å²) in [6.45, 7) is 1.49. The molecule has 0 radical (unpaired) electrons. The van der Waals surface area contributed by atoms with Gasteiger partial charge >= 0.3 is 5.97 Å². The number of nitrogens with zero attached hydrogens (tertiary/aromatic N) is 1. The van der Waals surface area contributed by atoms with E-state index in [1.165, 1.54) is 13.1 Å². The van der Waals surface area contributed by atoms with Gasteiger partial charge in [-0.15, -0.1) is 0 Å². The third-order valence-electron chi connectivity index (χ3n) is 1.56. The molecule has 0 amide bonds. The van der Waals surface area contributed by atoms with E-state index in [1.807, 2.05) is 0 Å². The van der Waals surface area contributed by atoms with Gasteiger partial charge in [-0.25, -0.2) is 4.79 Å². The second-order valence-electron chi connectivity index (χ2n) is 2.71. The molecule has 1 heterocycles. The van der Waals surface area contributed by atoms with Gasteiger partial charge in [0.25, 0.3) is 0 Å². The average molecular weight is 226 g/mol. The van der Waals surface area contributed by atoms with E-state index < -0.39 is 5.97 Å². The second-order valence-corrected chi connectivity index (χ2v) is 3.91. The van der Waals surface area contributed by atoms with Crippen molar-refractivity contribution in [3.05, 3.63) is 23.5 Å². The van der Waals surface area contributed by atoms with Crippen LogP contribution in [-0.2, 0) is 4.79 Å². The minimum Gasteiger partial charge on any atom is -0.477 e. The van der Waals surface area contributed by atoms with Crippen molar-refractivity contribution < 1.29 is 14.7 Å². The highest BCUT2D eigenvalue weighted by Crippen LogP contribution is 2.08. The fourth-order valence-electron chi connectivity index (χ4n) is 0.934. The van der Waals surface area contributed by atoms with Crippen LogP contribution < -0.4 is 0 Å². The maximum Gasteiger partial charge on any atom is 0.354 e. The lowest BCUT2D eigenvalue weighted by Gasteiger charge is -1.91. The van der Waals surface area contributed by atoms with Gasteiger partial charge in [-0.05, 0) is 0 Å². The number of carbonyl (C=O) groups is 2. The molecule has 0 aliphatic heterocycles. The number of aromatic amines is 1. The molecule has 1 rings (SSSR count). The zero-order valence-corrected chi connectivity index (χ0v) is 8.87. The number of thioether (sulfide) groups is 1. The predicted molar refractivity (Wildman–Crippen MR) is 57.7 cm³/mol. The number of carboxylic acid groups (broad SMARTS) is 1. The van der Waals surface area contributed by atoms with Gasteiger partial charge in [0.2, 0.25) is 0 Å². The Labute approximate surface area is 90.6 Å². The first kappa shape index (κ1) is 11.5. The minimum atomic E-state index is -1.05. The molecular formula is C9H10N2O3S. The van der Waals surface area contributed by atoms with E-state index in [0.29, 0.717) is 11.3 Å². The van der Waals surface area contributed by atoms with E-state index in [-0.39, 0.29) is 10.8 Å². The van der Waals surface area contributed by atoms with Crippen LogP contribution in [-0.4, -0.2) is 32.1 Å². The molecule has 0 saturated carbocycles. The Morgan fingerprint density at radius 1 is 1.67 bits per heavy atom. The molecule has 0 aromatic carbocycles. The third kappa shape index (κ3) is 3.59. The summed E-state index contributed by atoms with van der Waals surface area (Å²) in [4.78, 5) is 21.3. The van der Waals surface area contributed by atoms with E-state index in [2.05, 4.69) is 10.2 Å². The number of nitrogens with one attached hydrogen (secondary N) is 1. The van der Waals surface area contributed by atoms with Gasteiger partial charge in [0.15, 0.2) is 10.8 Å². The normalized spacial score (nSPS) is 10.7. The monoisotopic (exact) mass is 226 g/mol. The topological polar surface area (TPSA) is 83.0 Å². The van der Waals surface area contributed by atoms with E-state index in [9.17, 15) is 9.59 Å². The Bertz CT molecular complexity index is 398. The Hall–Kier alpha value is -1.56. The van der Waals surface area contributed by atoms with Gasteiger partial charge in [0.05, 0.1) is 6.20 Å². The predicted octanol–water partition coefficient (Wildman–Crippen LogP) is 1.40. The lowest BCUT2D eigenvalue weighted by atomic mass is 10.2. The lowest BCUT2D eigenvalue weighted by molar-refractivity contribution is -0.109. The van der Waals surface area contributed by atoms with Gasteiger partial charge in [0, 0.05) is 18.2 Å². The summed E-state index contributed by atoms with van der Waals surface area (Å²) in [7, 11) is 0. The number of carbonyl (C=O) groups excluding carboxylic acids is 1. The van der Waals surface area contributed by atoms with Crippen molar-refractivity contribution in [1.29, 1.82) is 0 Å². The van der Waals surface area contributed by atoms with Crippen molar-refractivity contribution in [2.75, 3.05) is 5.75 Å². The van der Waals surface area contributed by atoms with Crippen molar-refractivity contribution in [1.82, 2.24) is 10.2 Å². The number of rotatable bonds is 4. The van der Waals surface area contributed by atoms with E-state index in [1.54, 1.807) is 12.2 Å². The van der Waals surface area contributed by atoms with Gasteiger partial charge < -0.3 is 5.11 Å². The molecule has 5 nitrogen and oxygen atoms in total. The van der Waals surface area contributed by atoms with E-state index in [4.69, 9.17) is 5.11 Å². The van der Waals surface area contributed by atoms with Crippen LogP contribution in [0.4, 0.5) is 0 Å². The number of carboxylic acids is 1. The zero-order valence-electron chi connectivity index (χ0n) is 8.06. The molecule has 0 unspecified atom stereocenters. The molecule has 1 aromatic heterocycles. The number of hydrogen-bond donors (Lipinski definition) is 2. The number of hydrogen-bond acceptors (Lipinski definition) is 4. The van der Waals surface area contributed by atoms with E-state index >= 15 is 0 Å². The molecule has 2 N–H and O–H groups in total. The second kappa shape index (κ2) is 5.35. The fraction of sp³-hybridized carbons (Fsp3) is 0.222. The highest BCUT2D eigenvalue weighted by Gasteiger charge is 2.08. The fourth-order valence-corrected chi connectivity index (χ4v) is 1.36. The Morgan fingerprint density at radius 2 is 2.40 bits per heavy atom. The highest BCUT2D eigenvalue weighted by molar-refractivity contribution is 8.13. The van der Waals surface area contributed by atoms with Crippen molar-refractivity contribution in [2.24, 2.45) is 0 Å². The summed E-state index contributed by atoms with van der Waals surface area (Å²) in [5, 5.41) is 14.8. The summed E-state index contributed by atoms with van der Waals surface area (Å²) < 4.78 is 0.